The smallest absolute Gasteiger partial charge is 0.244 e. The second-order valence-corrected chi connectivity index (χ2v) is 5.62. The molecule has 0 spiro atoms. The van der Waals surface area contributed by atoms with Crippen LogP contribution in [0.3, 0.4) is 0 Å². The topological polar surface area (TPSA) is 49.4 Å². The molecule has 1 aromatic carbocycles. The van der Waals surface area contributed by atoms with Gasteiger partial charge in [-0.3, -0.25) is 0 Å². The summed E-state index contributed by atoms with van der Waals surface area (Å²) in [4.78, 5) is 0.298. The Morgan fingerprint density at radius 3 is 2.65 bits per heavy atom. The van der Waals surface area contributed by atoms with Crippen molar-refractivity contribution in [2.24, 2.45) is 0 Å². The Morgan fingerprint density at radius 1 is 1.41 bits per heavy atom. The maximum atomic E-state index is 12.2. The summed E-state index contributed by atoms with van der Waals surface area (Å²) in [5.74, 6) is 2.33. The van der Waals surface area contributed by atoms with Gasteiger partial charge < -0.3 is 5.32 Å². The standard InChI is InChI=1S/C12H16N2O2S/c1-4-9-14(3)17(15,16)12-8-6-5-7-11(12)10-13-2/h1,5-8,13H,9-10H2,2-3H3. The first-order valence-corrected chi connectivity index (χ1v) is 6.60. The van der Waals surface area contributed by atoms with Gasteiger partial charge in [-0.05, 0) is 18.7 Å². The monoisotopic (exact) mass is 252 g/mol. The van der Waals surface area contributed by atoms with E-state index in [4.69, 9.17) is 6.42 Å². The van der Waals surface area contributed by atoms with Crippen LogP contribution in [0.25, 0.3) is 0 Å². The van der Waals surface area contributed by atoms with Crippen LogP contribution in [-0.4, -0.2) is 33.4 Å². The van der Waals surface area contributed by atoms with Gasteiger partial charge in [-0.1, -0.05) is 24.1 Å². The van der Waals surface area contributed by atoms with Crippen molar-refractivity contribution in [1.29, 1.82) is 0 Å². The molecular weight excluding hydrogens is 236 g/mol. The van der Waals surface area contributed by atoms with Crippen molar-refractivity contribution >= 4 is 10.0 Å². The number of hydrogen-bond donors (Lipinski definition) is 1. The van der Waals surface area contributed by atoms with Crippen LogP contribution in [-0.2, 0) is 16.6 Å². The van der Waals surface area contributed by atoms with Crippen molar-refractivity contribution in [2.45, 2.75) is 11.4 Å². The molecule has 0 bridgehead atoms. The van der Waals surface area contributed by atoms with E-state index in [1.807, 2.05) is 6.07 Å². The van der Waals surface area contributed by atoms with Crippen LogP contribution in [0.5, 0.6) is 0 Å². The second kappa shape index (κ2) is 5.82. The zero-order valence-corrected chi connectivity index (χ0v) is 10.8. The molecule has 0 heterocycles. The van der Waals surface area contributed by atoms with Crippen molar-refractivity contribution < 1.29 is 8.42 Å². The van der Waals surface area contributed by atoms with Gasteiger partial charge in [0, 0.05) is 13.6 Å². The highest BCUT2D eigenvalue weighted by atomic mass is 32.2. The van der Waals surface area contributed by atoms with Crippen LogP contribution in [0.15, 0.2) is 29.2 Å². The Morgan fingerprint density at radius 2 is 2.06 bits per heavy atom. The number of rotatable bonds is 5. The largest absolute Gasteiger partial charge is 0.316 e. The third kappa shape index (κ3) is 3.07. The molecule has 0 radical (unpaired) electrons. The normalized spacial score (nSPS) is 11.4. The molecule has 0 aliphatic carbocycles. The second-order valence-electron chi connectivity index (χ2n) is 3.60. The van der Waals surface area contributed by atoms with Crippen molar-refractivity contribution in [1.82, 2.24) is 9.62 Å². The maximum Gasteiger partial charge on any atom is 0.244 e. The van der Waals surface area contributed by atoms with Crippen LogP contribution >= 0.6 is 0 Å². The molecule has 0 unspecified atom stereocenters. The number of nitrogens with zero attached hydrogens (tertiary/aromatic N) is 1. The molecule has 0 amide bonds. The number of nitrogens with one attached hydrogen (secondary N) is 1. The molecule has 0 saturated carbocycles. The zero-order valence-electron chi connectivity index (χ0n) is 9.97. The molecule has 0 fully saturated rings. The van der Waals surface area contributed by atoms with E-state index in [0.717, 1.165) is 5.56 Å². The van der Waals surface area contributed by atoms with E-state index in [-0.39, 0.29) is 6.54 Å². The summed E-state index contributed by atoms with van der Waals surface area (Å²) in [7, 11) is -0.253. The molecular formula is C12H16N2O2S. The van der Waals surface area contributed by atoms with E-state index >= 15 is 0 Å². The number of hydrogen-bond acceptors (Lipinski definition) is 3. The minimum absolute atomic E-state index is 0.0657. The van der Waals surface area contributed by atoms with E-state index in [1.165, 1.54) is 11.4 Å². The Hall–Kier alpha value is -1.35. The van der Waals surface area contributed by atoms with E-state index in [1.54, 1.807) is 25.2 Å². The molecule has 4 nitrogen and oxygen atoms in total. The third-order valence-electron chi connectivity index (χ3n) is 2.34. The van der Waals surface area contributed by atoms with Gasteiger partial charge in [0.1, 0.15) is 0 Å². The molecule has 0 saturated heterocycles. The first-order valence-electron chi connectivity index (χ1n) is 5.16. The van der Waals surface area contributed by atoms with Crippen LogP contribution in [0.2, 0.25) is 0 Å². The summed E-state index contributed by atoms with van der Waals surface area (Å²) in [5, 5.41) is 2.94. The fraction of sp³-hybridized carbons (Fsp3) is 0.333. The minimum atomic E-state index is -3.50. The Labute approximate surface area is 103 Å². The van der Waals surface area contributed by atoms with Crippen molar-refractivity contribution in [3.05, 3.63) is 29.8 Å². The van der Waals surface area contributed by atoms with Crippen LogP contribution in [0.1, 0.15) is 5.56 Å². The van der Waals surface area contributed by atoms with Crippen LogP contribution < -0.4 is 5.32 Å². The molecule has 17 heavy (non-hydrogen) atoms. The highest BCUT2D eigenvalue weighted by Crippen LogP contribution is 2.18. The van der Waals surface area contributed by atoms with Crippen LogP contribution in [0, 0.1) is 12.3 Å². The third-order valence-corrected chi connectivity index (χ3v) is 4.25. The Balaban J connectivity index is 3.19. The first-order chi connectivity index (χ1) is 8.04. The highest BCUT2D eigenvalue weighted by molar-refractivity contribution is 7.89. The molecule has 5 heteroatoms. The minimum Gasteiger partial charge on any atom is -0.316 e. The maximum absolute atomic E-state index is 12.2. The van der Waals surface area contributed by atoms with E-state index in [9.17, 15) is 8.42 Å². The summed E-state index contributed by atoms with van der Waals surface area (Å²) < 4.78 is 25.6. The van der Waals surface area contributed by atoms with Crippen molar-refractivity contribution in [3.63, 3.8) is 0 Å². The van der Waals surface area contributed by atoms with Gasteiger partial charge in [0.15, 0.2) is 0 Å². The van der Waals surface area contributed by atoms with Gasteiger partial charge in [0.05, 0.1) is 11.4 Å². The zero-order chi connectivity index (χ0) is 12.9. The SMILES string of the molecule is C#CCN(C)S(=O)(=O)c1ccccc1CNC. The molecule has 0 aliphatic heterocycles. The summed E-state index contributed by atoms with van der Waals surface area (Å²) in [6.45, 7) is 0.565. The van der Waals surface area contributed by atoms with Crippen molar-refractivity contribution in [2.75, 3.05) is 20.6 Å². The predicted octanol–water partition coefficient (Wildman–Crippen LogP) is 0.660. The van der Waals surface area contributed by atoms with Crippen LogP contribution in [0.4, 0.5) is 0 Å². The average molecular weight is 252 g/mol. The molecule has 0 aliphatic rings. The van der Waals surface area contributed by atoms with Gasteiger partial charge in [0.2, 0.25) is 10.0 Å². The highest BCUT2D eigenvalue weighted by Gasteiger charge is 2.22. The van der Waals surface area contributed by atoms with Gasteiger partial charge in [0.25, 0.3) is 0 Å². The molecule has 92 valence electrons. The number of benzene rings is 1. The predicted molar refractivity (Wildman–Crippen MR) is 67.9 cm³/mol. The Kier molecular flexibility index (Phi) is 4.70. The summed E-state index contributed by atoms with van der Waals surface area (Å²) in [6.07, 6.45) is 5.13. The fourth-order valence-electron chi connectivity index (χ4n) is 1.47. The fourth-order valence-corrected chi connectivity index (χ4v) is 2.78. The summed E-state index contributed by atoms with van der Waals surface area (Å²) in [6, 6.07) is 6.89. The lowest BCUT2D eigenvalue weighted by atomic mass is 10.2. The molecule has 0 atom stereocenters. The lowest BCUT2D eigenvalue weighted by Crippen LogP contribution is -2.28. The average Bonchev–Trinajstić information content (AvgIpc) is 2.30. The van der Waals surface area contributed by atoms with Crippen molar-refractivity contribution in [3.8, 4) is 12.3 Å². The molecule has 1 rings (SSSR count). The number of terminal acetylenes is 1. The van der Waals surface area contributed by atoms with Gasteiger partial charge in [-0.2, -0.15) is 4.31 Å². The molecule has 0 aromatic heterocycles. The van der Waals surface area contributed by atoms with E-state index in [2.05, 4.69) is 11.2 Å². The lowest BCUT2D eigenvalue weighted by molar-refractivity contribution is 0.501. The summed E-state index contributed by atoms with van der Waals surface area (Å²) in [5.41, 5.74) is 0.735. The first kappa shape index (κ1) is 13.7. The van der Waals surface area contributed by atoms with E-state index in [0.29, 0.717) is 11.4 Å². The van der Waals surface area contributed by atoms with Gasteiger partial charge in [-0.25, -0.2) is 8.42 Å². The van der Waals surface area contributed by atoms with Gasteiger partial charge in [-0.15, -0.1) is 6.42 Å². The molecule has 1 aromatic rings. The summed E-state index contributed by atoms with van der Waals surface area (Å²) >= 11 is 0. The Bertz CT molecular complexity index is 518. The van der Waals surface area contributed by atoms with Gasteiger partial charge >= 0.3 is 0 Å². The quantitative estimate of drug-likeness (QED) is 0.783. The molecule has 1 N–H and O–H groups in total. The van der Waals surface area contributed by atoms with E-state index < -0.39 is 10.0 Å². The lowest BCUT2D eigenvalue weighted by Gasteiger charge is -2.16. The number of sulfonamides is 1.